The number of β-amino-alcohol motifs (C(OH)–C–C–N with tert-alkyl or cyclic N) is 1. The van der Waals surface area contributed by atoms with Gasteiger partial charge < -0.3 is 5.11 Å². The number of nitrogens with zero attached hydrogens (tertiary/aromatic N) is 1. The molecular weight excluding hydrogens is 246 g/mol. The SMILES string of the molecule is OC(CCc1ccccc1)CN1Cc2ccccc2C1. The second kappa shape index (κ2) is 6.21. The van der Waals surface area contributed by atoms with Crippen LogP contribution in [0.1, 0.15) is 23.1 Å². The largest absolute Gasteiger partial charge is 0.392 e. The predicted octanol–water partition coefficient (Wildman–Crippen LogP) is 3.00. The van der Waals surface area contributed by atoms with Gasteiger partial charge in [-0.3, -0.25) is 4.90 Å². The molecule has 2 nitrogen and oxygen atoms in total. The second-order valence-electron chi connectivity index (χ2n) is 5.62. The Morgan fingerprint density at radius 3 is 2.15 bits per heavy atom. The minimum Gasteiger partial charge on any atom is -0.392 e. The van der Waals surface area contributed by atoms with Gasteiger partial charge in [0.05, 0.1) is 6.10 Å². The van der Waals surface area contributed by atoms with Crippen LogP contribution in [0.4, 0.5) is 0 Å². The van der Waals surface area contributed by atoms with Crippen molar-refractivity contribution < 1.29 is 5.11 Å². The number of aliphatic hydroxyl groups excluding tert-OH is 1. The molecular formula is C18H21NO. The van der Waals surface area contributed by atoms with Gasteiger partial charge in [-0.15, -0.1) is 0 Å². The quantitative estimate of drug-likeness (QED) is 0.900. The highest BCUT2D eigenvalue weighted by Gasteiger charge is 2.20. The summed E-state index contributed by atoms with van der Waals surface area (Å²) in [5, 5.41) is 10.2. The Morgan fingerprint density at radius 2 is 1.50 bits per heavy atom. The first-order chi connectivity index (χ1) is 9.81. The molecule has 104 valence electrons. The lowest BCUT2D eigenvalue weighted by Crippen LogP contribution is -2.28. The van der Waals surface area contributed by atoms with Crippen LogP contribution in [0.25, 0.3) is 0 Å². The Hall–Kier alpha value is -1.64. The summed E-state index contributed by atoms with van der Waals surface area (Å²) in [6, 6.07) is 18.9. The average molecular weight is 267 g/mol. The molecule has 1 aliphatic rings. The van der Waals surface area contributed by atoms with Gasteiger partial charge in [0.25, 0.3) is 0 Å². The second-order valence-corrected chi connectivity index (χ2v) is 5.62. The summed E-state index contributed by atoms with van der Waals surface area (Å²) in [5.41, 5.74) is 4.11. The molecule has 2 aromatic carbocycles. The molecule has 0 bridgehead atoms. The summed E-state index contributed by atoms with van der Waals surface area (Å²) in [6.45, 7) is 2.71. The molecule has 0 aromatic heterocycles. The maximum absolute atomic E-state index is 10.2. The Kier molecular flexibility index (Phi) is 4.14. The molecule has 0 aliphatic carbocycles. The Labute approximate surface area is 120 Å². The third kappa shape index (κ3) is 3.27. The minimum absolute atomic E-state index is 0.246. The van der Waals surface area contributed by atoms with Gasteiger partial charge in [0.1, 0.15) is 0 Å². The molecule has 0 fully saturated rings. The Morgan fingerprint density at radius 1 is 0.900 bits per heavy atom. The van der Waals surface area contributed by atoms with Crippen LogP contribution in [0, 0.1) is 0 Å². The minimum atomic E-state index is -0.246. The van der Waals surface area contributed by atoms with Crippen molar-refractivity contribution in [1.29, 1.82) is 0 Å². The fraction of sp³-hybridized carbons (Fsp3) is 0.333. The van der Waals surface area contributed by atoms with Crippen molar-refractivity contribution in [3.8, 4) is 0 Å². The smallest absolute Gasteiger partial charge is 0.0670 e. The number of hydrogen-bond donors (Lipinski definition) is 1. The van der Waals surface area contributed by atoms with Crippen molar-refractivity contribution in [2.75, 3.05) is 6.54 Å². The summed E-state index contributed by atoms with van der Waals surface area (Å²) in [7, 11) is 0. The predicted molar refractivity (Wildman–Crippen MR) is 81.3 cm³/mol. The monoisotopic (exact) mass is 267 g/mol. The van der Waals surface area contributed by atoms with E-state index in [1.807, 2.05) is 6.07 Å². The number of benzene rings is 2. The molecule has 0 amide bonds. The molecule has 2 aromatic rings. The van der Waals surface area contributed by atoms with Crippen molar-refractivity contribution in [3.05, 3.63) is 71.3 Å². The van der Waals surface area contributed by atoms with Crippen molar-refractivity contribution in [3.63, 3.8) is 0 Å². The molecule has 1 aliphatic heterocycles. The van der Waals surface area contributed by atoms with E-state index in [-0.39, 0.29) is 6.10 Å². The summed E-state index contributed by atoms with van der Waals surface area (Å²) < 4.78 is 0. The highest BCUT2D eigenvalue weighted by Crippen LogP contribution is 2.22. The molecule has 1 heterocycles. The molecule has 1 unspecified atom stereocenters. The first-order valence-corrected chi connectivity index (χ1v) is 7.32. The highest BCUT2D eigenvalue weighted by atomic mass is 16.3. The number of fused-ring (bicyclic) bond motifs is 1. The van der Waals surface area contributed by atoms with Gasteiger partial charge in [0.15, 0.2) is 0 Å². The molecule has 2 heteroatoms. The van der Waals surface area contributed by atoms with Crippen LogP contribution >= 0.6 is 0 Å². The van der Waals surface area contributed by atoms with Crippen molar-refractivity contribution >= 4 is 0 Å². The van der Waals surface area contributed by atoms with E-state index < -0.39 is 0 Å². The lowest BCUT2D eigenvalue weighted by Gasteiger charge is -2.19. The first-order valence-electron chi connectivity index (χ1n) is 7.32. The van der Waals surface area contributed by atoms with Crippen LogP contribution in [-0.4, -0.2) is 22.7 Å². The van der Waals surface area contributed by atoms with Gasteiger partial charge >= 0.3 is 0 Å². The highest BCUT2D eigenvalue weighted by molar-refractivity contribution is 5.30. The number of rotatable bonds is 5. The van der Waals surface area contributed by atoms with E-state index in [4.69, 9.17) is 0 Å². The Bertz CT molecular complexity index is 527. The van der Waals surface area contributed by atoms with Gasteiger partial charge in [-0.2, -0.15) is 0 Å². The molecule has 20 heavy (non-hydrogen) atoms. The Balaban J connectivity index is 1.47. The van der Waals surface area contributed by atoms with E-state index in [9.17, 15) is 5.11 Å². The summed E-state index contributed by atoms with van der Waals surface area (Å²) in [6.07, 6.45) is 1.53. The molecule has 0 saturated carbocycles. The van der Waals surface area contributed by atoms with Crippen molar-refractivity contribution in [1.82, 2.24) is 4.90 Å². The summed E-state index contributed by atoms with van der Waals surface area (Å²) in [4.78, 5) is 2.33. The zero-order valence-electron chi connectivity index (χ0n) is 11.7. The standard InChI is InChI=1S/C18H21NO/c20-18(11-10-15-6-2-1-3-7-15)14-19-12-16-8-4-5-9-17(16)13-19/h1-9,18,20H,10-14H2. The van der Waals surface area contributed by atoms with E-state index in [0.29, 0.717) is 0 Å². The van der Waals surface area contributed by atoms with Crippen LogP contribution < -0.4 is 0 Å². The third-order valence-corrected chi connectivity index (χ3v) is 3.98. The van der Waals surface area contributed by atoms with Gasteiger partial charge in [-0.05, 0) is 29.5 Å². The van der Waals surface area contributed by atoms with Crippen molar-refractivity contribution in [2.24, 2.45) is 0 Å². The number of aryl methyl sites for hydroxylation is 1. The van der Waals surface area contributed by atoms with Crippen molar-refractivity contribution in [2.45, 2.75) is 32.0 Å². The lowest BCUT2D eigenvalue weighted by molar-refractivity contribution is 0.105. The van der Waals surface area contributed by atoms with Crippen LogP contribution in [-0.2, 0) is 19.5 Å². The van der Waals surface area contributed by atoms with E-state index in [1.54, 1.807) is 0 Å². The van der Waals surface area contributed by atoms with E-state index >= 15 is 0 Å². The fourth-order valence-electron chi connectivity index (χ4n) is 2.90. The molecule has 3 rings (SSSR count). The van der Waals surface area contributed by atoms with Gasteiger partial charge in [0.2, 0.25) is 0 Å². The number of hydrogen-bond acceptors (Lipinski definition) is 2. The van der Waals surface area contributed by atoms with Crippen LogP contribution in [0.5, 0.6) is 0 Å². The van der Waals surface area contributed by atoms with Gasteiger partial charge in [0, 0.05) is 19.6 Å². The fourth-order valence-corrected chi connectivity index (χ4v) is 2.90. The zero-order chi connectivity index (χ0) is 13.8. The van der Waals surface area contributed by atoms with Gasteiger partial charge in [-0.1, -0.05) is 54.6 Å². The maximum atomic E-state index is 10.2. The van der Waals surface area contributed by atoms with E-state index in [0.717, 1.165) is 32.5 Å². The zero-order valence-corrected chi connectivity index (χ0v) is 11.7. The first kappa shape index (κ1) is 13.3. The molecule has 0 saturated heterocycles. The molecule has 1 atom stereocenters. The van der Waals surface area contributed by atoms with Crippen LogP contribution in [0.2, 0.25) is 0 Å². The lowest BCUT2D eigenvalue weighted by atomic mass is 10.1. The van der Waals surface area contributed by atoms with Gasteiger partial charge in [-0.25, -0.2) is 0 Å². The number of aliphatic hydroxyl groups is 1. The van der Waals surface area contributed by atoms with E-state index in [2.05, 4.69) is 53.4 Å². The normalized spacial score (nSPS) is 16.1. The summed E-state index contributed by atoms with van der Waals surface area (Å²) in [5.74, 6) is 0. The summed E-state index contributed by atoms with van der Waals surface area (Å²) >= 11 is 0. The molecule has 1 N–H and O–H groups in total. The van der Waals surface area contributed by atoms with Crippen LogP contribution in [0.3, 0.4) is 0 Å². The average Bonchev–Trinajstić information content (AvgIpc) is 2.88. The topological polar surface area (TPSA) is 23.5 Å². The van der Waals surface area contributed by atoms with Crippen LogP contribution in [0.15, 0.2) is 54.6 Å². The molecule has 0 radical (unpaired) electrons. The maximum Gasteiger partial charge on any atom is 0.0670 e. The van der Waals surface area contributed by atoms with E-state index in [1.165, 1.54) is 16.7 Å². The third-order valence-electron chi connectivity index (χ3n) is 3.98. The molecule has 0 spiro atoms.